The number of aromatic hydroxyl groups is 2. The molecule has 0 radical (unpaired) electrons. The van der Waals surface area contributed by atoms with E-state index in [1.54, 1.807) is 0 Å². The van der Waals surface area contributed by atoms with Crippen molar-refractivity contribution in [3.05, 3.63) is 77.0 Å². The van der Waals surface area contributed by atoms with Gasteiger partial charge < -0.3 is 85.2 Å². The van der Waals surface area contributed by atoms with Crippen LogP contribution in [0.2, 0.25) is 0 Å². The summed E-state index contributed by atoms with van der Waals surface area (Å²) in [5.41, 5.74) is 0.599. The second kappa shape index (κ2) is 18.7. The van der Waals surface area contributed by atoms with Crippen molar-refractivity contribution in [2.75, 3.05) is 6.61 Å². The number of nitrogens with zero attached hydrogens (tertiary/aromatic N) is 1. The van der Waals surface area contributed by atoms with Crippen molar-refractivity contribution in [1.82, 2.24) is 5.32 Å². The molecule has 2 aromatic rings. The lowest BCUT2D eigenvalue weighted by molar-refractivity contribution is -0.456. The molecule has 0 spiro atoms. The van der Waals surface area contributed by atoms with E-state index < -0.39 is 127 Å². The third kappa shape index (κ3) is 9.69. The number of fused-ring (bicyclic) bond motifs is 1. The van der Waals surface area contributed by atoms with Crippen molar-refractivity contribution >= 4 is 47.8 Å². The van der Waals surface area contributed by atoms with Gasteiger partial charge in [0, 0.05) is 24.1 Å². The normalized spacial score (nSPS) is 32.1. The lowest BCUT2D eigenvalue weighted by Gasteiger charge is -2.46. The molecule has 4 aliphatic heterocycles. The third-order valence-corrected chi connectivity index (χ3v) is 10.3. The van der Waals surface area contributed by atoms with Gasteiger partial charge in [0.15, 0.2) is 42.3 Å². The van der Waals surface area contributed by atoms with Crippen LogP contribution in [-0.4, -0.2) is 177 Å². The summed E-state index contributed by atoms with van der Waals surface area (Å²) in [6, 6.07) is 5.25. The van der Waals surface area contributed by atoms with Crippen LogP contribution in [0.4, 0.5) is 5.69 Å². The van der Waals surface area contributed by atoms with Crippen LogP contribution in [0.1, 0.15) is 17.5 Å². The topological polar surface area (TPSA) is 369 Å². The Kier molecular flexibility index (Phi) is 13.6. The summed E-state index contributed by atoms with van der Waals surface area (Å²) < 4.78 is 29.3. The molecule has 2 aromatic carbocycles. The highest BCUT2D eigenvalue weighted by Gasteiger charge is 2.54. The number of aliphatic carboxylic acids is 4. The summed E-state index contributed by atoms with van der Waals surface area (Å²) in [5, 5.41) is 115. The Morgan fingerprint density at radius 3 is 2.15 bits per heavy atom. The number of carbonyl (C=O) groups is 5. The lowest BCUT2D eigenvalue weighted by atomic mass is 9.97. The molecule has 2 saturated heterocycles. The van der Waals surface area contributed by atoms with E-state index in [9.17, 15) is 80.1 Å². The van der Waals surface area contributed by atoms with E-state index in [2.05, 4.69) is 5.32 Å². The van der Waals surface area contributed by atoms with Crippen LogP contribution in [0.3, 0.4) is 0 Å². The molecule has 23 nitrogen and oxygen atoms in total. The van der Waals surface area contributed by atoms with E-state index in [0.717, 1.165) is 12.1 Å². The standard InChI is InChI=1S/C39H40N2O21/c42-14-25-27(46)28(47)33(62-39-32(30(49)29(48)31(61-39)37(56)57)60-26(45)6-3-15-1-4-18(43)5-2-15)38(59-25)58-24-12-17-11-22(36(54)55)41(21(17)13-23(24)44)8-7-16-9-19(34(50)51)40-20(10-16)35(52)53/h1-9,12-13,20,22,25,27-33,38-39,42,46-49H,10-11,14H2,(H6,43,44,45,50,51,52,53,54,55,56,57)/p+1/t20-,22+,25-,27-,28+,29+,30+,31+,32-,33-,38-,39+/m1/s1. The molecule has 12 atom stereocenters. The number of rotatable bonds is 13. The van der Waals surface area contributed by atoms with Gasteiger partial charge in [0.05, 0.1) is 19.1 Å². The highest BCUT2D eigenvalue weighted by molar-refractivity contribution is 5.90. The van der Waals surface area contributed by atoms with Gasteiger partial charge >= 0.3 is 29.8 Å². The number of allylic oxidation sites excluding steroid dienone is 2. The van der Waals surface area contributed by atoms with E-state index in [4.69, 9.17) is 23.7 Å². The van der Waals surface area contributed by atoms with Crippen LogP contribution in [0.25, 0.3) is 6.08 Å². The van der Waals surface area contributed by atoms with Crippen molar-refractivity contribution in [2.24, 2.45) is 0 Å². The van der Waals surface area contributed by atoms with Gasteiger partial charge in [-0.3, -0.25) is 0 Å². The quantitative estimate of drug-likeness (QED) is 0.0563. The minimum atomic E-state index is -2.20. The summed E-state index contributed by atoms with van der Waals surface area (Å²) in [6.45, 7) is -0.909. The molecule has 332 valence electrons. The third-order valence-electron chi connectivity index (χ3n) is 10.3. The fraction of sp³-hybridized carbons (Fsp3) is 0.385. The number of carboxylic acids is 4. The minimum Gasteiger partial charge on any atom is -0.508 e. The van der Waals surface area contributed by atoms with Gasteiger partial charge in [-0.25, -0.2) is 24.0 Å². The Morgan fingerprint density at radius 1 is 0.823 bits per heavy atom. The van der Waals surface area contributed by atoms with Crippen LogP contribution in [-0.2, 0) is 49.3 Å². The van der Waals surface area contributed by atoms with E-state index >= 15 is 0 Å². The van der Waals surface area contributed by atoms with E-state index in [-0.39, 0.29) is 35.4 Å². The van der Waals surface area contributed by atoms with Crippen LogP contribution in [0.5, 0.6) is 17.2 Å². The molecule has 0 bridgehead atoms. The molecule has 12 N–H and O–H groups in total. The first-order valence-corrected chi connectivity index (χ1v) is 18.6. The summed E-state index contributed by atoms with van der Waals surface area (Å²) in [5.74, 6) is -8.21. The van der Waals surface area contributed by atoms with Crippen LogP contribution in [0, 0.1) is 0 Å². The number of aliphatic hydroxyl groups is 5. The van der Waals surface area contributed by atoms with Crippen molar-refractivity contribution in [2.45, 2.75) is 86.3 Å². The maximum atomic E-state index is 12.9. The largest absolute Gasteiger partial charge is 0.508 e. The molecule has 4 aliphatic rings. The fourth-order valence-electron chi connectivity index (χ4n) is 7.06. The monoisotopic (exact) mass is 873 g/mol. The molecule has 0 aliphatic carbocycles. The van der Waals surface area contributed by atoms with Gasteiger partial charge in [-0.1, -0.05) is 12.1 Å². The second-order valence-corrected chi connectivity index (χ2v) is 14.4. The number of phenols is 2. The Morgan fingerprint density at radius 2 is 1.52 bits per heavy atom. The number of phenolic OH excluding ortho intramolecular Hbond substituents is 2. The number of hydrogen-bond acceptors (Lipinski definition) is 18. The van der Waals surface area contributed by atoms with Crippen LogP contribution >= 0.6 is 0 Å². The second-order valence-electron chi connectivity index (χ2n) is 14.4. The van der Waals surface area contributed by atoms with Crippen molar-refractivity contribution in [1.29, 1.82) is 0 Å². The first-order valence-electron chi connectivity index (χ1n) is 18.6. The summed E-state index contributed by atoms with van der Waals surface area (Å²) in [7, 11) is 0. The molecule has 62 heavy (non-hydrogen) atoms. The number of esters is 1. The summed E-state index contributed by atoms with van der Waals surface area (Å²) in [4.78, 5) is 60.6. The average molecular weight is 874 g/mol. The molecule has 0 saturated carbocycles. The molecule has 0 amide bonds. The number of carboxylic acid groups (broad SMARTS) is 4. The summed E-state index contributed by atoms with van der Waals surface area (Å²) >= 11 is 0. The van der Waals surface area contributed by atoms with Gasteiger partial charge in [0.2, 0.25) is 12.0 Å². The van der Waals surface area contributed by atoms with E-state index in [1.165, 1.54) is 59.4 Å². The number of nitrogens with one attached hydrogen (secondary N) is 1. The Labute approximate surface area is 348 Å². The number of hydrogen-bond donors (Lipinski definition) is 12. The number of benzene rings is 2. The Balaban J connectivity index is 1.30. The van der Waals surface area contributed by atoms with Crippen LogP contribution < -0.4 is 10.1 Å². The maximum absolute atomic E-state index is 12.9. The molecule has 23 heteroatoms. The molecule has 6 rings (SSSR count). The van der Waals surface area contributed by atoms with Crippen molar-refractivity contribution in [3.63, 3.8) is 0 Å². The zero-order valence-corrected chi connectivity index (χ0v) is 31.8. The Hall–Kier alpha value is -6.44. The highest BCUT2D eigenvalue weighted by atomic mass is 16.8. The SMILES string of the molecule is O=C(/C=C/c1ccc(O)cc1)O[C@H]1[C@H](O[C@H]2[C@H](Oc3cc4c(cc3O)[N+](=C/C=C3/C=C(C(=O)O)N[C@@H](C(=O)O)C3)[C@H](C(=O)O)C4)O[C@H](CO)[C@@H](O)[C@@H]2O)O[C@H](C(=O)O)[C@@H](O)[C@@H]1O. The first-order chi connectivity index (χ1) is 29.4. The predicted molar refractivity (Wildman–Crippen MR) is 201 cm³/mol. The predicted octanol–water partition coefficient (Wildman–Crippen LogP) is -2.48. The summed E-state index contributed by atoms with van der Waals surface area (Å²) in [6.07, 6.45) is -14.7. The van der Waals surface area contributed by atoms with Gasteiger partial charge in [-0.2, -0.15) is 4.58 Å². The van der Waals surface area contributed by atoms with Gasteiger partial charge in [-0.15, -0.1) is 0 Å². The molecule has 4 heterocycles. The average Bonchev–Trinajstić information content (AvgIpc) is 3.58. The van der Waals surface area contributed by atoms with E-state index in [1.807, 2.05) is 0 Å². The maximum Gasteiger partial charge on any atom is 0.373 e. The van der Waals surface area contributed by atoms with Gasteiger partial charge in [-0.05, 0) is 41.5 Å². The zero-order chi connectivity index (χ0) is 45.2. The number of aliphatic hydroxyl groups excluding tert-OH is 5. The molecular weight excluding hydrogens is 832 g/mol. The molecule has 0 unspecified atom stereocenters. The Bertz CT molecular complexity index is 2200. The number of carbonyl (C=O) groups excluding carboxylic acids is 1. The molecule has 2 fully saturated rings. The van der Waals surface area contributed by atoms with Gasteiger partial charge in [0.1, 0.15) is 48.0 Å². The minimum absolute atomic E-state index is 0.0567. The molecule has 0 aromatic heterocycles. The van der Waals surface area contributed by atoms with Gasteiger partial charge in [0.25, 0.3) is 6.04 Å². The van der Waals surface area contributed by atoms with Crippen LogP contribution in [0.15, 0.2) is 65.9 Å². The first kappa shape index (κ1) is 45.1. The van der Waals surface area contributed by atoms with E-state index in [0.29, 0.717) is 5.56 Å². The van der Waals surface area contributed by atoms with Crippen molar-refractivity contribution in [3.8, 4) is 17.2 Å². The van der Waals surface area contributed by atoms with Crippen molar-refractivity contribution < 1.29 is 108 Å². The lowest BCUT2D eigenvalue weighted by Crippen LogP contribution is -2.66. The fourth-order valence-corrected chi connectivity index (χ4v) is 7.06. The smallest absolute Gasteiger partial charge is 0.373 e. The highest BCUT2D eigenvalue weighted by Crippen LogP contribution is 2.41. The zero-order valence-electron chi connectivity index (χ0n) is 31.8. The number of ether oxygens (including phenoxy) is 5. The molecular formula is C39H41N2O21+.